The van der Waals surface area contributed by atoms with Crippen molar-refractivity contribution in [1.29, 1.82) is 0 Å². The zero-order valence-corrected chi connectivity index (χ0v) is 11.9. The lowest BCUT2D eigenvalue weighted by Gasteiger charge is -2.35. The van der Waals surface area contributed by atoms with Crippen LogP contribution in [0.25, 0.3) is 0 Å². The molecule has 1 unspecified atom stereocenters. The Hall–Kier alpha value is -2.37. The van der Waals surface area contributed by atoms with Crippen LogP contribution in [0.1, 0.15) is 17.3 Å². The first-order chi connectivity index (χ1) is 10.0. The molecule has 1 N–H and O–H groups in total. The molecule has 0 spiro atoms. The van der Waals surface area contributed by atoms with Crippen LogP contribution in [-0.2, 0) is 9.59 Å². The van der Waals surface area contributed by atoms with Crippen molar-refractivity contribution in [3.63, 3.8) is 0 Å². The van der Waals surface area contributed by atoms with Crippen LogP contribution in [0.2, 0.25) is 0 Å². The van der Waals surface area contributed by atoms with Crippen LogP contribution in [-0.4, -0.2) is 58.9 Å². The summed E-state index contributed by atoms with van der Waals surface area (Å²) in [4.78, 5) is 38.2. The van der Waals surface area contributed by atoms with Crippen LogP contribution in [0.5, 0.6) is 0 Å². The lowest BCUT2D eigenvalue weighted by Crippen LogP contribution is -2.52. The summed E-state index contributed by atoms with van der Waals surface area (Å²) < 4.78 is 0. The van der Waals surface area contributed by atoms with Gasteiger partial charge in [0.25, 0.3) is 5.91 Å². The molecule has 1 aliphatic rings. The molecule has 0 aliphatic carbocycles. The molecule has 1 aliphatic heterocycles. The molecule has 112 valence electrons. The summed E-state index contributed by atoms with van der Waals surface area (Å²) >= 11 is 0. The van der Waals surface area contributed by atoms with Crippen molar-refractivity contribution in [2.45, 2.75) is 6.92 Å². The number of carbonyl (C=O) groups is 3. The van der Waals surface area contributed by atoms with Crippen molar-refractivity contribution in [1.82, 2.24) is 9.80 Å². The number of hydrogen-bond donors (Lipinski definition) is 1. The van der Waals surface area contributed by atoms with Crippen LogP contribution >= 0.6 is 0 Å². The van der Waals surface area contributed by atoms with Crippen molar-refractivity contribution >= 4 is 17.8 Å². The van der Waals surface area contributed by atoms with Gasteiger partial charge in [-0.15, -0.1) is 0 Å². The zero-order valence-electron chi connectivity index (χ0n) is 11.9. The second kappa shape index (κ2) is 6.39. The fourth-order valence-corrected chi connectivity index (χ4v) is 2.27. The van der Waals surface area contributed by atoms with E-state index in [-0.39, 0.29) is 5.91 Å². The van der Waals surface area contributed by atoms with E-state index in [1.807, 2.05) is 18.2 Å². The number of benzene rings is 1. The molecule has 21 heavy (non-hydrogen) atoms. The monoisotopic (exact) mass is 290 g/mol. The quantitative estimate of drug-likeness (QED) is 0.831. The molecular weight excluding hydrogens is 272 g/mol. The van der Waals surface area contributed by atoms with E-state index < -0.39 is 17.8 Å². The summed E-state index contributed by atoms with van der Waals surface area (Å²) in [7, 11) is 0. The van der Waals surface area contributed by atoms with Crippen LogP contribution in [0.15, 0.2) is 30.3 Å². The predicted molar refractivity (Wildman–Crippen MR) is 75.7 cm³/mol. The Kier molecular flexibility index (Phi) is 4.57. The second-order valence-corrected chi connectivity index (χ2v) is 5.04. The van der Waals surface area contributed by atoms with Gasteiger partial charge < -0.3 is 14.9 Å². The molecule has 6 nitrogen and oxygen atoms in total. The minimum absolute atomic E-state index is 0.0611. The average Bonchev–Trinajstić information content (AvgIpc) is 2.53. The van der Waals surface area contributed by atoms with Gasteiger partial charge in [0.2, 0.25) is 5.91 Å². The third-order valence-corrected chi connectivity index (χ3v) is 3.64. The number of amides is 2. The lowest BCUT2D eigenvalue weighted by atomic mass is 10.1. The highest BCUT2D eigenvalue weighted by molar-refractivity contribution is 5.97. The van der Waals surface area contributed by atoms with E-state index in [0.29, 0.717) is 31.7 Å². The average molecular weight is 290 g/mol. The SMILES string of the molecule is CC(C(=O)O)C(=O)N1CCN(C(=O)c2ccccc2)CC1. The molecule has 1 aromatic rings. The molecule has 1 atom stereocenters. The van der Waals surface area contributed by atoms with Crippen molar-refractivity contribution in [3.8, 4) is 0 Å². The Balaban J connectivity index is 1.93. The maximum Gasteiger partial charge on any atom is 0.315 e. The number of carbonyl (C=O) groups excluding carboxylic acids is 2. The molecule has 0 saturated carbocycles. The minimum atomic E-state index is -1.12. The van der Waals surface area contributed by atoms with E-state index in [0.717, 1.165) is 0 Å². The number of carboxylic acid groups (broad SMARTS) is 1. The highest BCUT2D eigenvalue weighted by Crippen LogP contribution is 2.11. The highest BCUT2D eigenvalue weighted by atomic mass is 16.4. The van der Waals surface area contributed by atoms with Gasteiger partial charge in [0, 0.05) is 31.7 Å². The fraction of sp³-hybridized carbons (Fsp3) is 0.400. The molecule has 2 amide bonds. The Morgan fingerprint density at radius 1 is 1.00 bits per heavy atom. The third kappa shape index (κ3) is 3.39. The fourth-order valence-electron chi connectivity index (χ4n) is 2.27. The Morgan fingerprint density at radius 3 is 2.05 bits per heavy atom. The Morgan fingerprint density at radius 2 is 1.52 bits per heavy atom. The van der Waals surface area contributed by atoms with Gasteiger partial charge in [-0.25, -0.2) is 0 Å². The second-order valence-electron chi connectivity index (χ2n) is 5.04. The molecule has 0 aromatic heterocycles. The minimum Gasteiger partial charge on any atom is -0.481 e. The number of aliphatic carboxylic acids is 1. The summed E-state index contributed by atoms with van der Waals surface area (Å²) in [5.74, 6) is -2.62. The maximum atomic E-state index is 12.2. The number of nitrogens with zero attached hydrogens (tertiary/aromatic N) is 2. The molecule has 1 heterocycles. The first-order valence-corrected chi connectivity index (χ1v) is 6.86. The number of carboxylic acids is 1. The zero-order chi connectivity index (χ0) is 15.4. The summed E-state index contributed by atoms with van der Waals surface area (Å²) in [6.07, 6.45) is 0. The summed E-state index contributed by atoms with van der Waals surface area (Å²) in [6, 6.07) is 8.97. The van der Waals surface area contributed by atoms with Gasteiger partial charge in [-0.3, -0.25) is 14.4 Å². The number of piperazine rings is 1. The molecule has 1 fully saturated rings. The van der Waals surface area contributed by atoms with Gasteiger partial charge in [0.05, 0.1) is 0 Å². The van der Waals surface area contributed by atoms with E-state index in [4.69, 9.17) is 5.11 Å². The third-order valence-electron chi connectivity index (χ3n) is 3.64. The van der Waals surface area contributed by atoms with E-state index in [9.17, 15) is 14.4 Å². The van der Waals surface area contributed by atoms with E-state index in [2.05, 4.69) is 0 Å². The van der Waals surface area contributed by atoms with Gasteiger partial charge in [0.15, 0.2) is 0 Å². The summed E-state index contributed by atoms with van der Waals surface area (Å²) in [6.45, 7) is 2.97. The molecule has 6 heteroatoms. The molecule has 1 saturated heterocycles. The molecule has 0 bridgehead atoms. The first kappa shape index (κ1) is 15.0. The summed E-state index contributed by atoms with van der Waals surface area (Å²) in [5, 5.41) is 8.86. The number of rotatable bonds is 3. The van der Waals surface area contributed by atoms with Crippen molar-refractivity contribution in [3.05, 3.63) is 35.9 Å². The van der Waals surface area contributed by atoms with E-state index in [1.54, 1.807) is 17.0 Å². The Labute approximate surface area is 123 Å². The largest absolute Gasteiger partial charge is 0.481 e. The summed E-state index contributed by atoms with van der Waals surface area (Å²) in [5.41, 5.74) is 0.621. The van der Waals surface area contributed by atoms with Crippen LogP contribution in [0.4, 0.5) is 0 Å². The van der Waals surface area contributed by atoms with Gasteiger partial charge in [-0.05, 0) is 19.1 Å². The topological polar surface area (TPSA) is 77.9 Å². The molecule has 2 rings (SSSR count). The van der Waals surface area contributed by atoms with E-state index in [1.165, 1.54) is 11.8 Å². The predicted octanol–water partition coefficient (Wildman–Crippen LogP) is 0.692. The van der Waals surface area contributed by atoms with Gasteiger partial charge in [-0.2, -0.15) is 0 Å². The first-order valence-electron chi connectivity index (χ1n) is 6.86. The van der Waals surface area contributed by atoms with Crippen LogP contribution in [0, 0.1) is 5.92 Å². The van der Waals surface area contributed by atoms with Crippen molar-refractivity contribution in [2.75, 3.05) is 26.2 Å². The maximum absolute atomic E-state index is 12.2. The van der Waals surface area contributed by atoms with Gasteiger partial charge >= 0.3 is 5.97 Å². The number of hydrogen-bond acceptors (Lipinski definition) is 3. The normalized spacial score (nSPS) is 16.4. The highest BCUT2D eigenvalue weighted by Gasteiger charge is 2.30. The smallest absolute Gasteiger partial charge is 0.315 e. The standard InChI is InChI=1S/C15H18N2O4/c1-11(15(20)21)13(18)16-7-9-17(10-8-16)14(19)12-5-3-2-4-6-12/h2-6,11H,7-10H2,1H3,(H,20,21). The van der Waals surface area contributed by atoms with E-state index >= 15 is 0 Å². The lowest BCUT2D eigenvalue weighted by molar-refractivity contribution is -0.151. The van der Waals surface area contributed by atoms with Crippen molar-refractivity contribution in [2.24, 2.45) is 5.92 Å². The van der Waals surface area contributed by atoms with Crippen molar-refractivity contribution < 1.29 is 19.5 Å². The van der Waals surface area contributed by atoms with Gasteiger partial charge in [0.1, 0.15) is 5.92 Å². The van der Waals surface area contributed by atoms with Gasteiger partial charge in [-0.1, -0.05) is 18.2 Å². The Bertz CT molecular complexity index is 536. The molecule has 1 aromatic carbocycles. The van der Waals surface area contributed by atoms with Crippen LogP contribution in [0.3, 0.4) is 0 Å². The van der Waals surface area contributed by atoms with Crippen LogP contribution < -0.4 is 0 Å². The molecular formula is C15H18N2O4. The molecule has 0 radical (unpaired) electrons.